The van der Waals surface area contributed by atoms with Crippen LogP contribution < -0.4 is 9.64 Å². The van der Waals surface area contributed by atoms with Crippen LogP contribution in [0.2, 0.25) is 0 Å². The van der Waals surface area contributed by atoms with E-state index >= 15 is 0 Å². The number of fused-ring (bicyclic) bond motifs is 3. The lowest BCUT2D eigenvalue weighted by molar-refractivity contribution is 0.0697. The van der Waals surface area contributed by atoms with E-state index < -0.39 is 5.97 Å². The number of carbonyl (C=O) groups is 1. The molecule has 4 rings (SSSR count). The number of hydrogen-bond acceptors (Lipinski definition) is 5. The normalized spacial score (nSPS) is 19.3. The number of methoxy groups -OCH3 is 1. The van der Waals surface area contributed by atoms with Crippen LogP contribution in [0.5, 0.6) is 5.75 Å². The topological polar surface area (TPSA) is 83.1 Å². The van der Waals surface area contributed by atoms with Crippen LogP contribution in [0.4, 0.5) is 5.69 Å². The number of rotatable bonds is 6. The summed E-state index contributed by atoms with van der Waals surface area (Å²) in [4.78, 5) is 14.5. The molecule has 1 aromatic heterocycles. The fraction of sp³-hybridized carbons (Fsp3) is 0.480. The third-order valence-electron chi connectivity index (χ3n) is 6.60. The average molecular weight is 426 g/mol. The molecule has 0 amide bonds. The van der Waals surface area contributed by atoms with E-state index in [1.54, 1.807) is 19.2 Å². The van der Waals surface area contributed by atoms with Gasteiger partial charge in [0.05, 0.1) is 25.0 Å². The smallest absolute Gasteiger partial charge is 0.337 e. The Kier molecular flexibility index (Phi) is 5.84. The van der Waals surface area contributed by atoms with Crippen LogP contribution in [-0.2, 0) is 6.61 Å². The van der Waals surface area contributed by atoms with Crippen LogP contribution in [0.3, 0.4) is 0 Å². The van der Waals surface area contributed by atoms with Crippen molar-refractivity contribution >= 4 is 33.6 Å². The van der Waals surface area contributed by atoms with Crippen molar-refractivity contribution in [2.24, 2.45) is 5.92 Å². The summed E-state index contributed by atoms with van der Waals surface area (Å²) in [6, 6.07) is 7.70. The predicted octanol–water partition coefficient (Wildman–Crippen LogP) is 5.58. The van der Waals surface area contributed by atoms with Crippen LogP contribution >= 0.6 is 0 Å². The maximum Gasteiger partial charge on any atom is 0.337 e. The summed E-state index contributed by atoms with van der Waals surface area (Å²) in [5.41, 5.74) is 2.80. The Morgan fingerprint density at radius 3 is 2.35 bits per heavy atom. The second-order valence-corrected chi connectivity index (χ2v) is 9.01. The highest BCUT2D eigenvalue weighted by atomic mass is 16.5. The maximum absolute atomic E-state index is 12.2. The first-order chi connectivity index (χ1) is 14.8. The van der Waals surface area contributed by atoms with Crippen LogP contribution in [-0.4, -0.2) is 35.4 Å². The molecule has 166 valence electrons. The van der Waals surface area contributed by atoms with Crippen molar-refractivity contribution in [3.05, 3.63) is 35.4 Å². The molecule has 3 aromatic rings. The average Bonchev–Trinajstić information content (AvgIpc) is 3.09. The molecule has 0 atom stereocenters. The highest BCUT2D eigenvalue weighted by Gasteiger charge is 2.30. The molecule has 0 aliphatic heterocycles. The summed E-state index contributed by atoms with van der Waals surface area (Å²) in [7, 11) is 1.55. The predicted molar refractivity (Wildman–Crippen MR) is 122 cm³/mol. The minimum absolute atomic E-state index is 0.149. The van der Waals surface area contributed by atoms with E-state index in [9.17, 15) is 15.0 Å². The van der Waals surface area contributed by atoms with Gasteiger partial charge in [0.1, 0.15) is 16.9 Å². The zero-order valence-corrected chi connectivity index (χ0v) is 18.6. The Labute approximate surface area is 182 Å². The Hall–Kier alpha value is -2.73. The van der Waals surface area contributed by atoms with Gasteiger partial charge in [0.2, 0.25) is 0 Å². The fourth-order valence-corrected chi connectivity index (χ4v) is 5.00. The van der Waals surface area contributed by atoms with E-state index in [2.05, 4.69) is 25.7 Å². The number of ether oxygens (including phenoxy) is 1. The molecule has 0 saturated heterocycles. The van der Waals surface area contributed by atoms with Gasteiger partial charge in [0.25, 0.3) is 0 Å². The standard InChI is InChI=1S/C25H31NO5/c1-14(2)26(17-7-5-15(3)6-8-17)21-10-19-18-9-16(13-27)22(30-4)12-24(18)31-23(19)11-20(21)25(28)29/h9-12,14-15,17,27H,5-8,13H2,1-4H3,(H,28,29). The summed E-state index contributed by atoms with van der Waals surface area (Å²) in [6.45, 7) is 6.38. The lowest BCUT2D eigenvalue weighted by Crippen LogP contribution is -2.43. The van der Waals surface area contributed by atoms with E-state index in [-0.39, 0.29) is 18.2 Å². The van der Waals surface area contributed by atoms with Crippen molar-refractivity contribution < 1.29 is 24.2 Å². The minimum atomic E-state index is -0.958. The molecule has 0 unspecified atom stereocenters. The number of furan rings is 1. The lowest BCUT2D eigenvalue weighted by atomic mass is 9.85. The molecule has 0 spiro atoms. The van der Waals surface area contributed by atoms with Gasteiger partial charge < -0.3 is 24.3 Å². The first-order valence-corrected chi connectivity index (χ1v) is 11.0. The monoisotopic (exact) mass is 425 g/mol. The third kappa shape index (κ3) is 3.85. The number of benzene rings is 2. The van der Waals surface area contributed by atoms with Crippen LogP contribution in [0.15, 0.2) is 28.7 Å². The number of hydrogen-bond donors (Lipinski definition) is 2. The van der Waals surface area contributed by atoms with Gasteiger partial charge >= 0.3 is 5.97 Å². The molecular weight excluding hydrogens is 394 g/mol. The molecule has 1 saturated carbocycles. The molecule has 1 fully saturated rings. The minimum Gasteiger partial charge on any atom is -0.496 e. The van der Waals surface area contributed by atoms with Crippen molar-refractivity contribution in [3.63, 3.8) is 0 Å². The zero-order valence-electron chi connectivity index (χ0n) is 18.6. The molecule has 1 aliphatic carbocycles. The third-order valence-corrected chi connectivity index (χ3v) is 6.60. The highest BCUT2D eigenvalue weighted by molar-refractivity contribution is 6.10. The van der Waals surface area contributed by atoms with Gasteiger partial charge in [0, 0.05) is 34.5 Å². The number of carboxylic acid groups (broad SMARTS) is 1. The van der Waals surface area contributed by atoms with Crippen LogP contribution in [0.25, 0.3) is 21.9 Å². The Bertz CT molecular complexity index is 1110. The summed E-state index contributed by atoms with van der Waals surface area (Å²) in [5, 5.41) is 21.5. The molecule has 0 radical (unpaired) electrons. The van der Waals surface area contributed by atoms with Gasteiger partial charge in [-0.3, -0.25) is 0 Å². The molecule has 2 N–H and O–H groups in total. The van der Waals surface area contributed by atoms with E-state index in [1.165, 1.54) is 0 Å². The van der Waals surface area contributed by atoms with E-state index in [0.717, 1.165) is 48.1 Å². The molecule has 1 heterocycles. The summed E-state index contributed by atoms with van der Waals surface area (Å²) >= 11 is 0. The molecule has 6 heteroatoms. The first kappa shape index (κ1) is 21.5. The molecule has 0 bridgehead atoms. The number of aromatic carboxylic acids is 1. The van der Waals surface area contributed by atoms with Crippen molar-refractivity contribution in [1.29, 1.82) is 0 Å². The summed E-state index contributed by atoms with van der Waals surface area (Å²) in [5.74, 6) is 0.310. The Morgan fingerprint density at radius 2 is 1.77 bits per heavy atom. The molecule has 1 aliphatic rings. The lowest BCUT2D eigenvalue weighted by Gasteiger charge is -2.41. The first-order valence-electron chi connectivity index (χ1n) is 11.0. The van der Waals surface area contributed by atoms with Gasteiger partial charge in [-0.15, -0.1) is 0 Å². The molecule has 2 aromatic carbocycles. The van der Waals surface area contributed by atoms with E-state index in [0.29, 0.717) is 28.5 Å². The fourth-order valence-electron chi connectivity index (χ4n) is 5.00. The number of carboxylic acids is 1. The summed E-state index contributed by atoms with van der Waals surface area (Å²) in [6.07, 6.45) is 4.45. The highest BCUT2D eigenvalue weighted by Crippen LogP contribution is 2.40. The van der Waals surface area contributed by atoms with Gasteiger partial charge in [0.15, 0.2) is 0 Å². The van der Waals surface area contributed by atoms with Crippen molar-refractivity contribution in [1.82, 2.24) is 0 Å². The summed E-state index contributed by atoms with van der Waals surface area (Å²) < 4.78 is 11.4. The number of anilines is 1. The van der Waals surface area contributed by atoms with Crippen LogP contribution in [0, 0.1) is 5.92 Å². The second-order valence-electron chi connectivity index (χ2n) is 9.01. The van der Waals surface area contributed by atoms with Crippen molar-refractivity contribution in [2.75, 3.05) is 12.0 Å². The van der Waals surface area contributed by atoms with Gasteiger partial charge in [-0.2, -0.15) is 0 Å². The Morgan fingerprint density at radius 1 is 1.13 bits per heavy atom. The van der Waals surface area contributed by atoms with E-state index in [1.807, 2.05) is 12.1 Å². The van der Waals surface area contributed by atoms with Gasteiger partial charge in [-0.05, 0) is 63.6 Å². The van der Waals surface area contributed by atoms with Crippen molar-refractivity contribution in [2.45, 2.75) is 65.1 Å². The largest absolute Gasteiger partial charge is 0.496 e. The number of aliphatic hydroxyl groups excluding tert-OH is 1. The number of nitrogens with zero attached hydrogens (tertiary/aromatic N) is 1. The number of aliphatic hydroxyl groups is 1. The molecule has 31 heavy (non-hydrogen) atoms. The molecular formula is C25H31NO5. The maximum atomic E-state index is 12.2. The van der Waals surface area contributed by atoms with Gasteiger partial charge in [-0.25, -0.2) is 4.79 Å². The van der Waals surface area contributed by atoms with Crippen LogP contribution in [0.1, 0.15) is 62.4 Å². The quantitative estimate of drug-likeness (QED) is 0.536. The SMILES string of the molecule is COc1cc2oc3cc(C(=O)O)c(N(C(C)C)C4CCC(C)CC4)cc3c2cc1CO. The zero-order chi connectivity index (χ0) is 22.3. The van der Waals surface area contributed by atoms with E-state index in [4.69, 9.17) is 9.15 Å². The van der Waals surface area contributed by atoms with Gasteiger partial charge in [-0.1, -0.05) is 6.92 Å². The Balaban J connectivity index is 1.92. The molecule has 6 nitrogen and oxygen atoms in total. The second kappa shape index (κ2) is 8.42. The van der Waals surface area contributed by atoms with Crippen molar-refractivity contribution in [3.8, 4) is 5.75 Å².